The van der Waals surface area contributed by atoms with Crippen molar-refractivity contribution >= 4 is 142 Å². The van der Waals surface area contributed by atoms with E-state index in [2.05, 4.69) is 105 Å². The summed E-state index contributed by atoms with van der Waals surface area (Å²) in [4.78, 5) is 293. The first kappa shape index (κ1) is 120. The van der Waals surface area contributed by atoms with Gasteiger partial charge in [0, 0.05) is 26.1 Å². The second-order valence-corrected chi connectivity index (χ2v) is 31.8. The number of unbranched alkanes of at least 4 members (excludes halogenated alkanes) is 2. The van der Waals surface area contributed by atoms with E-state index in [-0.39, 0.29) is 115 Å². The predicted molar refractivity (Wildman–Crippen MR) is 475 cm³/mol. The summed E-state index contributed by atoms with van der Waals surface area (Å²) in [5.41, 5.74) is 49.9. The summed E-state index contributed by atoms with van der Waals surface area (Å²) in [6, 6.07) is -27.3. The molecule has 0 fully saturated rings. The predicted octanol–water partition coefficient (Wildman–Crippen LogP) is -14.7. The van der Waals surface area contributed by atoms with Crippen molar-refractivity contribution in [1.29, 1.82) is 0 Å². The fourth-order valence-electron chi connectivity index (χ4n) is 12.0. The molecule has 0 bridgehead atoms. The van der Waals surface area contributed by atoms with E-state index in [1.54, 1.807) is 13.8 Å². The Bertz CT molecular complexity index is 4050. The monoisotopic (exact) mass is 1920 g/mol. The largest absolute Gasteiger partial charge is 0.481 e. The minimum atomic E-state index is -2.17. The molecule has 42 N–H and O–H groups in total. The van der Waals surface area contributed by atoms with Crippen LogP contribution in [0, 0.1) is 11.8 Å². The topological polar surface area (TPSA) is 976 Å². The summed E-state index contributed by atoms with van der Waals surface area (Å²) < 4.78 is 0. The van der Waals surface area contributed by atoms with Crippen LogP contribution in [0.15, 0.2) is 15.0 Å². The number of aliphatic hydroxyl groups is 3. The van der Waals surface area contributed by atoms with Gasteiger partial charge < -0.3 is 178 Å². The van der Waals surface area contributed by atoms with Gasteiger partial charge in [0.05, 0.1) is 51.3 Å². The van der Waals surface area contributed by atoms with Crippen LogP contribution in [0.2, 0.25) is 0 Å². The van der Waals surface area contributed by atoms with Crippen LogP contribution in [0.25, 0.3) is 0 Å². The van der Waals surface area contributed by atoms with Crippen LogP contribution in [0.4, 0.5) is 0 Å². The molecular formula is C77H137N29O28. The van der Waals surface area contributed by atoms with Gasteiger partial charge in [-0.25, -0.2) is 4.79 Å². The molecule has 17 amide bonds. The molecule has 0 aliphatic rings. The van der Waals surface area contributed by atoms with Crippen LogP contribution in [0.5, 0.6) is 0 Å². The quantitative estimate of drug-likeness (QED) is 0.0153. The maximum atomic E-state index is 14.7. The molecule has 17 atom stereocenters. The Hall–Kier alpha value is -13.6. The highest BCUT2D eigenvalue weighted by Gasteiger charge is 2.40. The number of aliphatic hydroxyl groups excluding tert-OH is 3. The standard InChI is InChI=1S/C77H137N29O28/c1-35(2)28-47(67(126)96-42(18-13-25-87-75(81)82)62(121)95-44(20-15-27-89-77(85)86)65(124)103-50(33-107)71(130)102-49(30-56(116)117)69(128)99-46(74(133)134)17-10-12-24-79)100-64(123)43(19-14-26-88-76(83)84)97-68(127)48(29-55(114)115)101-63(122)41(16-9-11-23-78)94-66(125)45(21-22-54(112)113)98-70(129)51(34-108)104-73(132)58(40(8)109)106-72(131)57(36(3)4)105-53(111)32-91-60(119)38(6)92-52(110)31-90-61(120)39(7)93-59(118)37(5)80/h35-51,57-58,107-109H,9-34,78-80H2,1-8H3,(H,90,120)(H,91,119)(H,92,110)(H,93,118)(H,94,125)(H,95,121)(H,96,126)(H,97,127)(H,98,129)(H,99,128)(H,100,123)(H,101,122)(H,102,130)(H,103,124)(H,104,132)(H,105,111)(H,106,131)(H,112,113)(H,114,115)(H,116,117)(H,133,134)(H4,81,82,87)(H4,83,84,88)(H4,85,86,89)/t37-,38-,39-,40+,41-,42-,43-,44-,45-,46-,47-,48-,49-,50-,51-,57-,58-/m0/s1. The molecule has 0 unspecified atom stereocenters. The minimum absolute atomic E-state index is 0.00330. The molecule has 758 valence electrons. The Kier molecular flexibility index (Phi) is 57.8. The zero-order valence-corrected chi connectivity index (χ0v) is 76.1. The van der Waals surface area contributed by atoms with E-state index >= 15 is 0 Å². The second kappa shape index (κ2) is 64.3. The SMILES string of the molecule is CC(C)C[C@H](NC(=O)[C@H](CCCN=C(N)N)NC(=O)[C@H](CC(=O)O)NC(=O)[C@H](CCCCN)NC(=O)[C@H](CCC(=O)O)NC(=O)[C@H](CO)NC(=O)[C@@H](NC(=O)[C@@H](NC(=O)CNC(=O)[C@H](C)NC(=O)CNC(=O)[C@H](C)NC(=O)[C@H](C)N)C(C)C)[C@@H](C)O)C(=O)N[C@@H](CCCN=C(N)N)C(=O)N[C@@H](CCCN=C(N)N)C(=O)N[C@@H](CO)C(=O)N[C@@H](CC(=O)O)C(=O)N[C@@H](CCCCN)C(=O)O. The zero-order valence-electron chi connectivity index (χ0n) is 76.1. The number of hydrogen-bond acceptors (Lipinski definition) is 30. The smallest absolute Gasteiger partial charge is 0.326 e. The number of nitrogens with zero attached hydrogens (tertiary/aromatic N) is 3. The van der Waals surface area contributed by atoms with E-state index in [0.29, 0.717) is 6.42 Å². The van der Waals surface area contributed by atoms with Gasteiger partial charge in [0.15, 0.2) is 17.9 Å². The Morgan fingerprint density at radius 3 is 0.933 bits per heavy atom. The second-order valence-electron chi connectivity index (χ2n) is 31.8. The van der Waals surface area contributed by atoms with Crippen molar-refractivity contribution in [2.24, 2.45) is 78.4 Å². The molecule has 0 saturated carbocycles. The number of carboxylic acid groups (broad SMARTS) is 4. The van der Waals surface area contributed by atoms with Gasteiger partial charge in [-0.05, 0) is 143 Å². The van der Waals surface area contributed by atoms with Crippen molar-refractivity contribution in [3.05, 3.63) is 0 Å². The van der Waals surface area contributed by atoms with Gasteiger partial charge in [-0.3, -0.25) is 111 Å². The molecule has 0 heterocycles. The third kappa shape index (κ3) is 50.2. The van der Waals surface area contributed by atoms with Crippen LogP contribution in [0.3, 0.4) is 0 Å². The summed E-state index contributed by atoms with van der Waals surface area (Å²) in [6.07, 6.45) is -7.38. The first-order valence-electron chi connectivity index (χ1n) is 42.9. The number of aliphatic carboxylic acids is 4. The summed E-state index contributed by atoms with van der Waals surface area (Å²) in [6.45, 7) is 6.76. The normalized spacial score (nSPS) is 14.8. The lowest BCUT2D eigenvalue weighted by Crippen LogP contribution is -2.62. The number of amides is 17. The number of carbonyl (C=O) groups excluding carboxylic acids is 17. The summed E-state index contributed by atoms with van der Waals surface area (Å²) in [5, 5.41) is 110. The van der Waals surface area contributed by atoms with Crippen LogP contribution >= 0.6 is 0 Å². The fourth-order valence-corrected chi connectivity index (χ4v) is 12.0. The number of hydrogen-bond donors (Lipinski definition) is 33. The van der Waals surface area contributed by atoms with Crippen LogP contribution < -0.4 is 142 Å². The lowest BCUT2D eigenvalue weighted by Gasteiger charge is -2.29. The van der Waals surface area contributed by atoms with Gasteiger partial charge in [0.25, 0.3) is 0 Å². The highest BCUT2D eigenvalue weighted by atomic mass is 16.4. The van der Waals surface area contributed by atoms with Crippen LogP contribution in [-0.4, -0.2) is 340 Å². The highest BCUT2D eigenvalue weighted by Crippen LogP contribution is 2.15. The number of guanidine groups is 3. The van der Waals surface area contributed by atoms with E-state index in [1.165, 1.54) is 34.6 Å². The van der Waals surface area contributed by atoms with E-state index in [1.807, 2.05) is 0 Å². The molecule has 0 aliphatic heterocycles. The molecule has 0 aromatic carbocycles. The van der Waals surface area contributed by atoms with Crippen molar-refractivity contribution in [1.82, 2.24) is 90.4 Å². The van der Waals surface area contributed by atoms with E-state index in [9.17, 15) is 136 Å². The van der Waals surface area contributed by atoms with Crippen LogP contribution in [0.1, 0.15) is 165 Å². The number of nitrogens with two attached hydrogens (primary N) is 9. The molecule has 0 rings (SSSR count). The van der Waals surface area contributed by atoms with Crippen LogP contribution in [-0.2, 0) is 101 Å². The Morgan fingerprint density at radius 2 is 0.604 bits per heavy atom. The molecular weight excluding hydrogens is 1780 g/mol. The highest BCUT2D eigenvalue weighted by molar-refractivity contribution is 6.02. The van der Waals surface area contributed by atoms with E-state index in [0.717, 1.165) is 6.92 Å². The lowest BCUT2D eigenvalue weighted by molar-refractivity contribution is -0.144. The molecule has 0 spiro atoms. The van der Waals surface area contributed by atoms with E-state index < -0.39 is 303 Å². The molecule has 57 nitrogen and oxygen atoms in total. The van der Waals surface area contributed by atoms with Crippen molar-refractivity contribution in [3.63, 3.8) is 0 Å². The van der Waals surface area contributed by atoms with Gasteiger partial charge in [-0.1, -0.05) is 27.7 Å². The van der Waals surface area contributed by atoms with Crippen molar-refractivity contribution in [2.75, 3.05) is 59.0 Å². The average molecular weight is 1920 g/mol. The molecule has 0 saturated heterocycles. The van der Waals surface area contributed by atoms with Gasteiger partial charge in [0.1, 0.15) is 90.6 Å². The minimum Gasteiger partial charge on any atom is -0.481 e. The van der Waals surface area contributed by atoms with Crippen molar-refractivity contribution in [2.45, 2.75) is 267 Å². The number of carboxylic acids is 4. The summed E-state index contributed by atoms with van der Waals surface area (Å²) in [5.74, 6) is -28.2. The average Bonchev–Trinajstić information content (AvgIpc) is 0.854. The molecule has 134 heavy (non-hydrogen) atoms. The Morgan fingerprint density at radius 1 is 0.306 bits per heavy atom. The number of nitrogens with one attached hydrogen (secondary N) is 17. The van der Waals surface area contributed by atoms with Crippen molar-refractivity contribution in [3.8, 4) is 0 Å². The number of carbonyl (C=O) groups is 21. The van der Waals surface area contributed by atoms with Crippen molar-refractivity contribution < 1.29 is 136 Å². The Balaban J connectivity index is 7.31. The Labute approximate surface area is 771 Å². The molecule has 0 aliphatic carbocycles. The zero-order chi connectivity index (χ0) is 102. The molecule has 0 aromatic rings. The molecule has 0 radical (unpaired) electrons. The number of aliphatic imine (C=N–C) groups is 3. The maximum absolute atomic E-state index is 14.7. The summed E-state index contributed by atoms with van der Waals surface area (Å²) >= 11 is 0. The van der Waals surface area contributed by atoms with Gasteiger partial charge in [0.2, 0.25) is 100 Å². The lowest BCUT2D eigenvalue weighted by atomic mass is 10.0. The number of rotatable bonds is 68. The first-order valence-corrected chi connectivity index (χ1v) is 42.9. The molecule has 0 aromatic heterocycles. The third-order valence-corrected chi connectivity index (χ3v) is 19.3. The van der Waals surface area contributed by atoms with E-state index in [4.69, 9.17) is 51.6 Å². The first-order chi connectivity index (χ1) is 62.7. The van der Waals surface area contributed by atoms with Gasteiger partial charge >= 0.3 is 23.9 Å². The maximum Gasteiger partial charge on any atom is 0.326 e. The molecule has 57 heteroatoms. The third-order valence-electron chi connectivity index (χ3n) is 19.3. The summed E-state index contributed by atoms with van der Waals surface area (Å²) in [7, 11) is 0. The van der Waals surface area contributed by atoms with Gasteiger partial charge in [-0.2, -0.15) is 0 Å². The van der Waals surface area contributed by atoms with Gasteiger partial charge in [-0.15, -0.1) is 0 Å². The fraction of sp³-hybridized carbons (Fsp3) is 0.688.